The Morgan fingerprint density at radius 1 is 1.42 bits per heavy atom. The third-order valence-electron chi connectivity index (χ3n) is 2.35. The summed E-state index contributed by atoms with van der Waals surface area (Å²) in [6.45, 7) is 0.416. The van der Waals surface area contributed by atoms with E-state index in [4.69, 9.17) is 23.2 Å². The summed E-state index contributed by atoms with van der Waals surface area (Å²) in [6.07, 6.45) is 3.50. The number of nitrogens with zero attached hydrogens (tertiary/aromatic N) is 4. The third-order valence-corrected chi connectivity index (χ3v) is 2.86. The van der Waals surface area contributed by atoms with Gasteiger partial charge in [0.1, 0.15) is 11.5 Å². The molecule has 1 amide bonds. The molecule has 19 heavy (non-hydrogen) atoms. The number of rotatable bonds is 4. The number of amides is 1. The van der Waals surface area contributed by atoms with Crippen LogP contribution in [-0.2, 0) is 13.5 Å². The molecule has 2 heterocycles. The molecule has 0 aliphatic heterocycles. The largest absolute Gasteiger partial charge is 0.352 e. The second-order valence-electron chi connectivity index (χ2n) is 3.83. The van der Waals surface area contributed by atoms with Crippen LogP contribution < -0.4 is 5.32 Å². The lowest BCUT2D eigenvalue weighted by molar-refractivity contribution is 0.0954. The summed E-state index contributed by atoms with van der Waals surface area (Å²) >= 11 is 11.6. The molecule has 6 nitrogen and oxygen atoms in total. The summed E-state index contributed by atoms with van der Waals surface area (Å²) < 4.78 is 1.61. The van der Waals surface area contributed by atoms with E-state index in [1.807, 2.05) is 0 Å². The summed E-state index contributed by atoms with van der Waals surface area (Å²) in [5.74, 6) is 0.367. The van der Waals surface area contributed by atoms with Crippen molar-refractivity contribution in [2.75, 3.05) is 6.54 Å². The van der Waals surface area contributed by atoms with Crippen LogP contribution in [0.25, 0.3) is 0 Å². The zero-order chi connectivity index (χ0) is 13.8. The molecule has 0 aromatic carbocycles. The highest BCUT2D eigenvalue weighted by Crippen LogP contribution is 2.17. The van der Waals surface area contributed by atoms with Crippen LogP contribution in [0.3, 0.4) is 0 Å². The number of nitrogens with one attached hydrogen (secondary N) is 1. The number of halogens is 2. The first-order valence-electron chi connectivity index (χ1n) is 5.50. The average Bonchev–Trinajstić information content (AvgIpc) is 2.78. The molecule has 1 N–H and O–H groups in total. The van der Waals surface area contributed by atoms with Gasteiger partial charge in [-0.25, -0.2) is 9.97 Å². The minimum absolute atomic E-state index is 0.223. The van der Waals surface area contributed by atoms with Gasteiger partial charge in [-0.2, -0.15) is 5.10 Å². The average molecular weight is 300 g/mol. The van der Waals surface area contributed by atoms with Crippen LogP contribution in [0.15, 0.2) is 18.6 Å². The van der Waals surface area contributed by atoms with Crippen molar-refractivity contribution in [1.29, 1.82) is 0 Å². The predicted molar refractivity (Wildman–Crippen MR) is 71.3 cm³/mol. The Labute approximate surface area is 119 Å². The lowest BCUT2D eigenvalue weighted by Crippen LogP contribution is -2.26. The van der Waals surface area contributed by atoms with E-state index in [1.165, 1.54) is 12.3 Å². The van der Waals surface area contributed by atoms with Crippen LogP contribution in [-0.4, -0.2) is 32.2 Å². The third kappa shape index (κ3) is 3.65. The Balaban J connectivity index is 1.92. The smallest absolute Gasteiger partial charge is 0.252 e. The number of aromatic nitrogens is 4. The van der Waals surface area contributed by atoms with Crippen molar-refractivity contribution < 1.29 is 4.79 Å². The minimum atomic E-state index is -0.301. The summed E-state index contributed by atoms with van der Waals surface area (Å²) in [7, 11) is 1.79. The molecule has 2 aromatic rings. The van der Waals surface area contributed by atoms with Crippen molar-refractivity contribution in [3.05, 3.63) is 40.2 Å². The van der Waals surface area contributed by atoms with E-state index in [2.05, 4.69) is 20.4 Å². The maximum atomic E-state index is 11.9. The van der Waals surface area contributed by atoms with E-state index in [1.54, 1.807) is 18.1 Å². The molecule has 0 unspecified atom stereocenters. The van der Waals surface area contributed by atoms with Crippen LogP contribution in [0.4, 0.5) is 0 Å². The number of hydrogen-bond donors (Lipinski definition) is 1. The zero-order valence-corrected chi connectivity index (χ0v) is 11.6. The standard InChI is InChI=1S/C11H11Cl2N5O/c1-18-6-16-10(17-18)2-3-14-11(19)7-4-9(13)15-5-8(7)12/h4-6H,2-3H2,1H3,(H,14,19). The van der Waals surface area contributed by atoms with Gasteiger partial charge in [0.05, 0.1) is 10.6 Å². The molecule has 0 spiro atoms. The predicted octanol–water partition coefficient (Wildman–Crippen LogP) is 1.49. The highest BCUT2D eigenvalue weighted by molar-refractivity contribution is 6.35. The van der Waals surface area contributed by atoms with Crippen molar-refractivity contribution in [3.8, 4) is 0 Å². The minimum Gasteiger partial charge on any atom is -0.352 e. The van der Waals surface area contributed by atoms with Crippen molar-refractivity contribution in [3.63, 3.8) is 0 Å². The molecule has 100 valence electrons. The summed E-state index contributed by atoms with van der Waals surface area (Å²) in [6, 6.07) is 1.43. The monoisotopic (exact) mass is 299 g/mol. The van der Waals surface area contributed by atoms with Crippen LogP contribution in [0.5, 0.6) is 0 Å². The Morgan fingerprint density at radius 3 is 2.89 bits per heavy atom. The number of aryl methyl sites for hydroxylation is 1. The fourth-order valence-corrected chi connectivity index (χ4v) is 1.82. The zero-order valence-electron chi connectivity index (χ0n) is 10.1. The summed E-state index contributed by atoms with van der Waals surface area (Å²) in [5, 5.41) is 7.32. The Bertz CT molecular complexity index is 599. The van der Waals surface area contributed by atoms with Gasteiger partial charge in [-0.05, 0) is 6.07 Å². The normalized spacial score (nSPS) is 10.5. The highest BCUT2D eigenvalue weighted by Gasteiger charge is 2.11. The molecule has 0 aliphatic rings. The molecule has 0 saturated heterocycles. The van der Waals surface area contributed by atoms with Crippen LogP contribution in [0.1, 0.15) is 16.2 Å². The van der Waals surface area contributed by atoms with E-state index in [0.29, 0.717) is 24.4 Å². The highest BCUT2D eigenvalue weighted by atomic mass is 35.5. The van der Waals surface area contributed by atoms with Gasteiger partial charge in [0.2, 0.25) is 0 Å². The first-order valence-corrected chi connectivity index (χ1v) is 6.25. The number of carbonyl (C=O) groups is 1. The lowest BCUT2D eigenvalue weighted by atomic mass is 10.2. The SMILES string of the molecule is Cn1cnc(CCNC(=O)c2cc(Cl)ncc2Cl)n1. The second-order valence-corrected chi connectivity index (χ2v) is 4.62. The van der Waals surface area contributed by atoms with E-state index >= 15 is 0 Å². The fourth-order valence-electron chi connectivity index (χ4n) is 1.47. The molecule has 0 radical (unpaired) electrons. The van der Waals surface area contributed by atoms with Crippen molar-refractivity contribution in [2.24, 2.45) is 7.05 Å². The molecule has 0 atom stereocenters. The topological polar surface area (TPSA) is 72.7 Å². The lowest BCUT2D eigenvalue weighted by Gasteiger charge is -2.05. The first-order chi connectivity index (χ1) is 9.06. The van der Waals surface area contributed by atoms with Gasteiger partial charge < -0.3 is 5.32 Å². The summed E-state index contributed by atoms with van der Waals surface area (Å²) in [5.41, 5.74) is 0.302. The fraction of sp³-hybridized carbons (Fsp3) is 0.273. The molecule has 2 rings (SSSR count). The van der Waals surface area contributed by atoms with Gasteiger partial charge in [0, 0.05) is 26.2 Å². The van der Waals surface area contributed by atoms with Gasteiger partial charge in [-0.15, -0.1) is 0 Å². The van der Waals surface area contributed by atoms with Gasteiger partial charge >= 0.3 is 0 Å². The number of pyridine rings is 1. The van der Waals surface area contributed by atoms with Gasteiger partial charge in [-0.3, -0.25) is 9.48 Å². The quantitative estimate of drug-likeness (QED) is 0.868. The van der Waals surface area contributed by atoms with Crippen molar-refractivity contribution in [1.82, 2.24) is 25.1 Å². The maximum absolute atomic E-state index is 11.9. The first kappa shape index (κ1) is 13.8. The molecule has 8 heteroatoms. The van der Waals surface area contributed by atoms with Crippen molar-refractivity contribution >= 4 is 29.1 Å². The molecular weight excluding hydrogens is 289 g/mol. The molecule has 2 aromatic heterocycles. The van der Waals surface area contributed by atoms with Crippen LogP contribution in [0.2, 0.25) is 10.2 Å². The van der Waals surface area contributed by atoms with E-state index < -0.39 is 0 Å². The Hall–Kier alpha value is -1.66. The molecule has 0 saturated carbocycles. The van der Waals surface area contributed by atoms with E-state index in [0.717, 1.165) is 0 Å². The Morgan fingerprint density at radius 2 is 2.21 bits per heavy atom. The van der Waals surface area contributed by atoms with E-state index in [9.17, 15) is 4.79 Å². The number of hydrogen-bond acceptors (Lipinski definition) is 4. The summed E-state index contributed by atoms with van der Waals surface area (Å²) in [4.78, 5) is 19.7. The maximum Gasteiger partial charge on any atom is 0.252 e. The number of carbonyl (C=O) groups excluding carboxylic acids is 1. The van der Waals surface area contributed by atoms with Gasteiger partial charge in [0.25, 0.3) is 5.91 Å². The van der Waals surface area contributed by atoms with Gasteiger partial charge in [-0.1, -0.05) is 23.2 Å². The van der Waals surface area contributed by atoms with Crippen LogP contribution in [0, 0.1) is 0 Å². The molecular formula is C11H11Cl2N5O. The molecule has 0 fully saturated rings. The molecule has 0 bridgehead atoms. The van der Waals surface area contributed by atoms with E-state index in [-0.39, 0.29) is 16.1 Å². The van der Waals surface area contributed by atoms with Gasteiger partial charge in [0.15, 0.2) is 5.82 Å². The van der Waals surface area contributed by atoms with Crippen molar-refractivity contribution in [2.45, 2.75) is 6.42 Å². The molecule has 0 aliphatic carbocycles. The Kier molecular flexibility index (Phi) is 4.34. The van der Waals surface area contributed by atoms with Crippen LogP contribution >= 0.6 is 23.2 Å². The second kappa shape index (κ2) is 5.99.